The highest BCUT2D eigenvalue weighted by Gasteiger charge is 2.53. The molecule has 1 aromatic carbocycles. The van der Waals surface area contributed by atoms with Gasteiger partial charge in [0, 0.05) is 12.6 Å². The van der Waals surface area contributed by atoms with E-state index in [0.29, 0.717) is 19.6 Å². The Bertz CT molecular complexity index is 921. The summed E-state index contributed by atoms with van der Waals surface area (Å²) in [6.45, 7) is 4.53. The Balaban J connectivity index is 1.66. The second kappa shape index (κ2) is 7.37. The van der Waals surface area contributed by atoms with Crippen molar-refractivity contribution in [3.63, 3.8) is 0 Å². The number of esters is 1. The monoisotopic (exact) mass is 382 g/mol. The van der Waals surface area contributed by atoms with Gasteiger partial charge in [-0.15, -0.1) is 5.10 Å². The van der Waals surface area contributed by atoms with Gasteiger partial charge in [0.2, 0.25) is 5.91 Å². The first-order chi connectivity index (χ1) is 13.6. The van der Waals surface area contributed by atoms with E-state index >= 15 is 0 Å². The maximum atomic E-state index is 13.5. The predicted molar refractivity (Wildman–Crippen MR) is 104 cm³/mol. The summed E-state index contributed by atoms with van der Waals surface area (Å²) in [5.41, 5.74) is 0.958. The van der Waals surface area contributed by atoms with Gasteiger partial charge >= 0.3 is 5.97 Å². The molecule has 1 fully saturated rings. The molecular formula is C21H26N4O3. The van der Waals surface area contributed by atoms with Crippen LogP contribution >= 0.6 is 0 Å². The summed E-state index contributed by atoms with van der Waals surface area (Å²) in [7, 11) is 0. The number of ether oxygens (including phenoxy) is 1. The largest absolute Gasteiger partial charge is 0.465 e. The van der Waals surface area contributed by atoms with Crippen molar-refractivity contribution in [3.05, 3.63) is 36.4 Å². The molecule has 3 atom stereocenters. The fraction of sp³-hybridized carbons (Fsp3) is 0.524. The van der Waals surface area contributed by atoms with Crippen molar-refractivity contribution in [3.8, 4) is 0 Å². The van der Waals surface area contributed by atoms with Crippen molar-refractivity contribution < 1.29 is 14.3 Å². The molecule has 28 heavy (non-hydrogen) atoms. The summed E-state index contributed by atoms with van der Waals surface area (Å²) < 4.78 is 7.10. The summed E-state index contributed by atoms with van der Waals surface area (Å²) in [5.74, 6) is -0.219. The van der Waals surface area contributed by atoms with Crippen LogP contribution in [0.5, 0.6) is 0 Å². The Hall–Kier alpha value is -2.70. The van der Waals surface area contributed by atoms with Crippen LogP contribution in [0.15, 0.2) is 36.4 Å². The first kappa shape index (κ1) is 18.7. The minimum absolute atomic E-state index is 0.0391. The molecule has 7 heteroatoms. The van der Waals surface area contributed by atoms with E-state index in [1.807, 2.05) is 55.2 Å². The van der Waals surface area contributed by atoms with E-state index in [9.17, 15) is 9.59 Å². The topological polar surface area (TPSA) is 77.3 Å². The van der Waals surface area contributed by atoms with Crippen molar-refractivity contribution in [2.24, 2.45) is 5.41 Å². The van der Waals surface area contributed by atoms with Crippen LogP contribution in [-0.2, 0) is 14.3 Å². The van der Waals surface area contributed by atoms with Crippen LogP contribution in [0, 0.1) is 5.41 Å². The van der Waals surface area contributed by atoms with Crippen LogP contribution < -0.4 is 0 Å². The molecule has 1 aliphatic heterocycles. The molecule has 148 valence electrons. The molecule has 1 aliphatic carbocycles. The number of benzene rings is 1. The normalized spacial score (nSPS) is 25.4. The molecule has 2 aliphatic rings. The number of hydrogen-bond acceptors (Lipinski definition) is 5. The number of fused-ring (bicyclic) bond motifs is 2. The average molecular weight is 382 g/mol. The number of para-hydroxylation sites is 1. The Labute approximate surface area is 164 Å². The molecule has 0 bridgehead atoms. The first-order valence-electron chi connectivity index (χ1n) is 10.0. The van der Waals surface area contributed by atoms with Gasteiger partial charge < -0.3 is 9.64 Å². The first-order valence-corrected chi connectivity index (χ1v) is 10.0. The number of rotatable bonds is 4. The van der Waals surface area contributed by atoms with Gasteiger partial charge in [-0.3, -0.25) is 9.59 Å². The molecule has 2 heterocycles. The SMILES string of the molecule is CCOC(=O)[C@@]12CC=CCN(C(=O)C(C)n3nnc4ccccc43)[C@@H]1CCC2. The molecule has 0 radical (unpaired) electrons. The van der Waals surface area contributed by atoms with Gasteiger partial charge in [0.25, 0.3) is 0 Å². The third-order valence-electron chi connectivity index (χ3n) is 6.13. The second-order valence-electron chi connectivity index (χ2n) is 7.65. The number of carbonyl (C=O) groups is 2. The fourth-order valence-electron chi connectivity index (χ4n) is 4.71. The summed E-state index contributed by atoms with van der Waals surface area (Å²) in [5, 5.41) is 8.38. The van der Waals surface area contributed by atoms with Crippen molar-refractivity contribution in [2.75, 3.05) is 13.2 Å². The average Bonchev–Trinajstić information content (AvgIpc) is 3.28. The molecule has 1 aromatic heterocycles. The molecule has 0 saturated heterocycles. The van der Waals surface area contributed by atoms with Crippen molar-refractivity contribution in [1.29, 1.82) is 0 Å². The van der Waals surface area contributed by atoms with Gasteiger partial charge in [0.05, 0.1) is 17.5 Å². The van der Waals surface area contributed by atoms with Crippen LogP contribution in [0.3, 0.4) is 0 Å². The van der Waals surface area contributed by atoms with Crippen molar-refractivity contribution in [1.82, 2.24) is 19.9 Å². The zero-order valence-corrected chi connectivity index (χ0v) is 16.4. The highest BCUT2D eigenvalue weighted by atomic mass is 16.5. The second-order valence-corrected chi connectivity index (χ2v) is 7.65. The quantitative estimate of drug-likeness (QED) is 0.600. The van der Waals surface area contributed by atoms with Gasteiger partial charge in [-0.25, -0.2) is 4.68 Å². The highest BCUT2D eigenvalue weighted by Crippen LogP contribution is 2.47. The van der Waals surface area contributed by atoms with Crippen molar-refractivity contribution >= 4 is 22.9 Å². The lowest BCUT2D eigenvalue weighted by atomic mass is 9.79. The van der Waals surface area contributed by atoms with E-state index in [2.05, 4.69) is 10.3 Å². The third-order valence-corrected chi connectivity index (χ3v) is 6.13. The molecule has 0 spiro atoms. The maximum absolute atomic E-state index is 13.5. The van der Waals surface area contributed by atoms with Gasteiger partial charge in [-0.05, 0) is 45.2 Å². The molecule has 2 aromatic rings. The Kier molecular flexibility index (Phi) is 4.91. The van der Waals surface area contributed by atoms with Crippen LogP contribution in [0.1, 0.15) is 45.6 Å². The number of amides is 1. The number of aromatic nitrogens is 3. The smallest absolute Gasteiger partial charge is 0.314 e. The van der Waals surface area contributed by atoms with Crippen molar-refractivity contribution in [2.45, 2.75) is 51.6 Å². The van der Waals surface area contributed by atoms with Gasteiger partial charge in [-0.1, -0.05) is 35.9 Å². The Morgan fingerprint density at radius 3 is 2.96 bits per heavy atom. The predicted octanol–water partition coefficient (Wildman–Crippen LogP) is 2.88. The lowest BCUT2D eigenvalue weighted by molar-refractivity contribution is -0.160. The lowest BCUT2D eigenvalue weighted by Crippen LogP contribution is -2.52. The van der Waals surface area contributed by atoms with Crippen LogP contribution in [0.25, 0.3) is 11.0 Å². The minimum atomic E-state index is -0.636. The van der Waals surface area contributed by atoms with Crippen LogP contribution in [-0.4, -0.2) is 51.0 Å². The summed E-state index contributed by atoms with van der Waals surface area (Å²) >= 11 is 0. The number of hydrogen-bond donors (Lipinski definition) is 0. The minimum Gasteiger partial charge on any atom is -0.465 e. The van der Waals surface area contributed by atoms with E-state index in [0.717, 1.165) is 30.3 Å². The number of allylic oxidation sites excluding steroid dienone is 1. The van der Waals surface area contributed by atoms with E-state index in [4.69, 9.17) is 4.74 Å². The summed E-state index contributed by atoms with van der Waals surface area (Å²) in [6.07, 6.45) is 7.13. The van der Waals surface area contributed by atoms with Gasteiger partial charge in [0.15, 0.2) is 0 Å². The van der Waals surface area contributed by atoms with Gasteiger partial charge in [-0.2, -0.15) is 0 Å². The van der Waals surface area contributed by atoms with E-state index < -0.39 is 11.5 Å². The van der Waals surface area contributed by atoms with E-state index in [1.165, 1.54) is 0 Å². The molecule has 1 amide bonds. The fourth-order valence-corrected chi connectivity index (χ4v) is 4.71. The lowest BCUT2D eigenvalue weighted by Gasteiger charge is -2.39. The van der Waals surface area contributed by atoms with E-state index in [1.54, 1.807) is 4.68 Å². The molecule has 1 unspecified atom stereocenters. The molecule has 7 nitrogen and oxygen atoms in total. The summed E-state index contributed by atoms with van der Waals surface area (Å²) in [6, 6.07) is 6.97. The van der Waals surface area contributed by atoms with Crippen LogP contribution in [0.4, 0.5) is 0 Å². The molecular weight excluding hydrogens is 356 g/mol. The Morgan fingerprint density at radius 2 is 2.14 bits per heavy atom. The van der Waals surface area contributed by atoms with E-state index in [-0.39, 0.29) is 17.9 Å². The highest BCUT2D eigenvalue weighted by molar-refractivity contribution is 5.85. The molecule has 1 saturated carbocycles. The molecule has 0 N–H and O–H groups in total. The number of carbonyl (C=O) groups excluding carboxylic acids is 2. The van der Waals surface area contributed by atoms with Crippen LogP contribution in [0.2, 0.25) is 0 Å². The zero-order valence-electron chi connectivity index (χ0n) is 16.4. The zero-order chi connectivity index (χ0) is 19.7. The van der Waals surface area contributed by atoms with Gasteiger partial charge in [0.1, 0.15) is 11.6 Å². The summed E-state index contributed by atoms with van der Waals surface area (Å²) in [4.78, 5) is 28.2. The maximum Gasteiger partial charge on any atom is 0.314 e. The third kappa shape index (κ3) is 2.89. The molecule has 4 rings (SSSR count). The standard InChI is InChI=1S/C21H26N4O3/c1-3-28-20(27)21-12-6-7-14-24(18(21)11-8-13-21)19(26)15(2)25-17-10-5-4-9-16(17)22-23-25/h4-7,9-10,15,18H,3,8,11-14H2,1-2H3/t15?,18-,21-/m1/s1. The number of nitrogens with zero attached hydrogens (tertiary/aromatic N) is 4. The Morgan fingerprint density at radius 1 is 1.32 bits per heavy atom.